The Balaban J connectivity index is 1.32. The molecule has 1 amide bonds. The average Bonchev–Trinajstić information content (AvgIpc) is 3.21. The van der Waals surface area contributed by atoms with Gasteiger partial charge in [-0.25, -0.2) is 0 Å². The molecule has 4 rings (SSSR count). The van der Waals surface area contributed by atoms with Crippen molar-refractivity contribution in [3.63, 3.8) is 0 Å². The highest BCUT2D eigenvalue weighted by atomic mass is 35.5. The normalized spacial score (nSPS) is 10.8. The van der Waals surface area contributed by atoms with Crippen LogP contribution in [0.2, 0.25) is 5.02 Å². The van der Waals surface area contributed by atoms with Gasteiger partial charge in [-0.3, -0.25) is 9.78 Å². The molecule has 2 heterocycles. The van der Waals surface area contributed by atoms with Crippen LogP contribution in [0.15, 0.2) is 71.5 Å². The summed E-state index contributed by atoms with van der Waals surface area (Å²) in [5.74, 6) is 0.892. The second kappa shape index (κ2) is 8.75. The van der Waals surface area contributed by atoms with Crippen molar-refractivity contribution in [3.05, 3.63) is 89.0 Å². The molecule has 0 fully saturated rings. The van der Waals surface area contributed by atoms with Gasteiger partial charge < -0.3 is 14.6 Å². The highest BCUT2D eigenvalue weighted by Crippen LogP contribution is 2.25. The number of halogens is 1. The number of hydrogen-bond donors (Lipinski definition) is 1. The third-order valence-corrected chi connectivity index (χ3v) is 4.63. The van der Waals surface area contributed by atoms with Crippen LogP contribution in [0.1, 0.15) is 21.8 Å². The van der Waals surface area contributed by atoms with Crippen molar-refractivity contribution in [1.82, 2.24) is 15.5 Å². The minimum Gasteiger partial charge on any atom is -0.485 e. The number of carbonyl (C=O) groups is 1. The fraction of sp³-hybridized carbons (Fsp3) is 0.136. The van der Waals surface area contributed by atoms with Crippen LogP contribution in [-0.4, -0.2) is 22.6 Å². The van der Waals surface area contributed by atoms with Crippen LogP contribution in [0.5, 0.6) is 5.75 Å². The second-order valence-electron chi connectivity index (χ2n) is 6.46. The van der Waals surface area contributed by atoms with E-state index in [9.17, 15) is 4.79 Å². The van der Waals surface area contributed by atoms with Crippen LogP contribution in [0.25, 0.3) is 10.8 Å². The molecule has 0 unspecified atom stereocenters. The van der Waals surface area contributed by atoms with Gasteiger partial charge >= 0.3 is 0 Å². The Morgan fingerprint density at radius 3 is 2.93 bits per heavy atom. The first-order valence-electron chi connectivity index (χ1n) is 9.13. The smallest absolute Gasteiger partial charge is 0.273 e. The fourth-order valence-corrected chi connectivity index (χ4v) is 3.17. The highest BCUT2D eigenvalue weighted by molar-refractivity contribution is 6.30. The van der Waals surface area contributed by atoms with Gasteiger partial charge in [-0.1, -0.05) is 41.0 Å². The van der Waals surface area contributed by atoms with Crippen LogP contribution in [0.3, 0.4) is 0 Å². The molecule has 0 aliphatic heterocycles. The van der Waals surface area contributed by atoms with Gasteiger partial charge in [-0.2, -0.15) is 0 Å². The maximum Gasteiger partial charge on any atom is 0.273 e. The summed E-state index contributed by atoms with van der Waals surface area (Å²) >= 11 is 5.97. The van der Waals surface area contributed by atoms with Crippen molar-refractivity contribution in [2.24, 2.45) is 0 Å². The van der Waals surface area contributed by atoms with Crippen LogP contribution in [0, 0.1) is 0 Å². The summed E-state index contributed by atoms with van der Waals surface area (Å²) < 4.78 is 11.1. The summed E-state index contributed by atoms with van der Waals surface area (Å²) in [6.45, 7) is 0.645. The maximum absolute atomic E-state index is 12.3. The highest BCUT2D eigenvalue weighted by Gasteiger charge is 2.13. The Hall–Kier alpha value is -3.38. The van der Waals surface area contributed by atoms with E-state index in [2.05, 4.69) is 15.5 Å². The lowest BCUT2D eigenvalue weighted by atomic mass is 10.1. The standard InChI is InChI=1S/C22H18ClN3O3/c23-17-5-1-3-15(11-17)7-10-25-22(27)20-12-18(29-26-20)14-28-21-6-2-4-16-13-24-9-8-19(16)21/h1-6,8-9,11-13H,7,10,14H2,(H,25,27). The lowest BCUT2D eigenvalue weighted by molar-refractivity contribution is 0.0944. The van der Waals surface area contributed by atoms with Gasteiger partial charge in [0, 0.05) is 40.8 Å². The molecule has 6 nitrogen and oxygen atoms in total. The summed E-state index contributed by atoms with van der Waals surface area (Å²) in [5, 5.41) is 9.28. The summed E-state index contributed by atoms with van der Waals surface area (Å²) in [4.78, 5) is 16.4. The number of fused-ring (bicyclic) bond motifs is 1. The lowest BCUT2D eigenvalue weighted by Crippen LogP contribution is -2.25. The van der Waals surface area contributed by atoms with Crippen molar-refractivity contribution in [1.29, 1.82) is 0 Å². The molecule has 4 aromatic rings. The zero-order chi connectivity index (χ0) is 20.1. The molecule has 29 heavy (non-hydrogen) atoms. The number of rotatable bonds is 7. The molecular weight excluding hydrogens is 390 g/mol. The predicted molar refractivity (Wildman–Crippen MR) is 110 cm³/mol. The largest absolute Gasteiger partial charge is 0.485 e. The molecule has 1 N–H and O–H groups in total. The van der Waals surface area contributed by atoms with Crippen molar-refractivity contribution in [2.75, 3.05) is 6.54 Å². The van der Waals surface area contributed by atoms with Crippen molar-refractivity contribution in [3.8, 4) is 5.75 Å². The van der Waals surface area contributed by atoms with Gasteiger partial charge in [0.25, 0.3) is 5.91 Å². The molecule has 0 radical (unpaired) electrons. The number of nitrogens with one attached hydrogen (secondary N) is 1. The van der Waals surface area contributed by atoms with Crippen molar-refractivity contribution < 1.29 is 14.1 Å². The first-order chi connectivity index (χ1) is 14.2. The summed E-state index contributed by atoms with van der Waals surface area (Å²) in [5.41, 5.74) is 1.27. The number of hydrogen-bond acceptors (Lipinski definition) is 5. The first-order valence-corrected chi connectivity index (χ1v) is 9.50. The third-order valence-electron chi connectivity index (χ3n) is 4.39. The molecule has 2 aromatic heterocycles. The van der Waals surface area contributed by atoms with Gasteiger partial charge in [-0.15, -0.1) is 0 Å². The Bertz CT molecular complexity index is 1140. The van der Waals surface area contributed by atoms with Gasteiger partial charge in [-0.05, 0) is 36.2 Å². The zero-order valence-electron chi connectivity index (χ0n) is 15.5. The number of pyridine rings is 1. The summed E-state index contributed by atoms with van der Waals surface area (Å²) in [6, 6.07) is 16.8. The molecule has 0 saturated carbocycles. The Labute approximate surface area is 172 Å². The molecule has 0 aliphatic rings. The molecular formula is C22H18ClN3O3. The van der Waals surface area contributed by atoms with E-state index in [0.717, 1.165) is 16.3 Å². The van der Waals surface area contributed by atoms with E-state index in [0.29, 0.717) is 29.5 Å². The lowest BCUT2D eigenvalue weighted by Gasteiger charge is -2.07. The third kappa shape index (κ3) is 4.73. The van der Waals surface area contributed by atoms with E-state index in [1.807, 2.05) is 48.5 Å². The number of aromatic nitrogens is 2. The summed E-state index contributed by atoms with van der Waals surface area (Å²) in [7, 11) is 0. The van der Waals surface area contributed by atoms with Crippen LogP contribution >= 0.6 is 11.6 Å². The van der Waals surface area contributed by atoms with E-state index < -0.39 is 0 Å². The number of amides is 1. The van der Waals surface area contributed by atoms with Gasteiger partial charge in [0.15, 0.2) is 11.5 Å². The van der Waals surface area contributed by atoms with Crippen molar-refractivity contribution >= 4 is 28.3 Å². The van der Waals surface area contributed by atoms with Crippen LogP contribution in [-0.2, 0) is 13.0 Å². The van der Waals surface area contributed by atoms with Gasteiger partial charge in [0.05, 0.1) is 0 Å². The molecule has 146 valence electrons. The number of nitrogens with zero attached hydrogens (tertiary/aromatic N) is 2. The second-order valence-corrected chi connectivity index (χ2v) is 6.89. The van der Waals surface area contributed by atoms with Crippen molar-refractivity contribution in [2.45, 2.75) is 13.0 Å². The number of benzene rings is 2. The monoisotopic (exact) mass is 407 g/mol. The van der Waals surface area contributed by atoms with E-state index in [1.165, 1.54) is 0 Å². The maximum atomic E-state index is 12.3. The molecule has 0 saturated heterocycles. The minimum absolute atomic E-state index is 0.171. The number of ether oxygens (including phenoxy) is 1. The van der Waals surface area contributed by atoms with E-state index in [-0.39, 0.29) is 18.2 Å². The van der Waals surface area contributed by atoms with Gasteiger partial charge in [0.2, 0.25) is 0 Å². The fourth-order valence-electron chi connectivity index (χ4n) is 2.96. The predicted octanol–water partition coefficient (Wildman–Crippen LogP) is 4.43. The topological polar surface area (TPSA) is 77.2 Å². The first kappa shape index (κ1) is 19.0. The van der Waals surface area contributed by atoms with E-state index in [1.54, 1.807) is 18.5 Å². The SMILES string of the molecule is O=C(NCCc1cccc(Cl)c1)c1cc(COc2cccc3cnccc23)on1. The number of carbonyl (C=O) groups excluding carboxylic acids is 1. The molecule has 0 atom stereocenters. The van der Waals surface area contributed by atoms with E-state index in [4.69, 9.17) is 20.9 Å². The quantitative estimate of drug-likeness (QED) is 0.490. The molecule has 0 bridgehead atoms. The Morgan fingerprint density at radius 1 is 1.14 bits per heavy atom. The Kier molecular flexibility index (Phi) is 5.72. The minimum atomic E-state index is -0.293. The van der Waals surface area contributed by atoms with Crippen LogP contribution < -0.4 is 10.1 Å². The summed E-state index contributed by atoms with van der Waals surface area (Å²) in [6.07, 6.45) is 4.17. The van der Waals surface area contributed by atoms with E-state index >= 15 is 0 Å². The zero-order valence-corrected chi connectivity index (χ0v) is 16.2. The molecule has 7 heteroatoms. The average molecular weight is 408 g/mol. The van der Waals surface area contributed by atoms with Gasteiger partial charge in [0.1, 0.15) is 12.4 Å². The molecule has 2 aromatic carbocycles. The van der Waals surface area contributed by atoms with Crippen LogP contribution in [0.4, 0.5) is 0 Å². The molecule has 0 spiro atoms. The molecule has 0 aliphatic carbocycles. The Morgan fingerprint density at radius 2 is 2.03 bits per heavy atom.